The number of carbonyl (C=O) groups excluding carboxylic acids is 2. The number of nitrogens with one attached hydrogen (secondary N) is 1. The van der Waals surface area contributed by atoms with Crippen molar-refractivity contribution in [2.45, 2.75) is 44.2 Å². The molecule has 1 atom stereocenters. The van der Waals surface area contributed by atoms with E-state index in [4.69, 9.17) is 23.2 Å². The molecule has 0 aliphatic heterocycles. The minimum absolute atomic E-state index is 0.0134. The molecule has 7 nitrogen and oxygen atoms in total. The number of hydrogen-bond donors (Lipinski definition) is 1. The zero-order valence-electron chi connectivity index (χ0n) is 21.3. The number of amides is 2. The highest BCUT2D eigenvalue weighted by Crippen LogP contribution is 2.30. The molecule has 0 radical (unpaired) electrons. The van der Waals surface area contributed by atoms with Crippen LogP contribution >= 0.6 is 23.2 Å². The molecule has 202 valence electrons. The van der Waals surface area contributed by atoms with Crippen LogP contribution in [0.1, 0.15) is 32.3 Å². The molecular formula is C28H31Cl2N3O4S. The molecule has 1 N–H and O–H groups in total. The van der Waals surface area contributed by atoms with E-state index in [1.54, 1.807) is 67.6 Å². The van der Waals surface area contributed by atoms with E-state index in [2.05, 4.69) is 5.32 Å². The van der Waals surface area contributed by atoms with Crippen LogP contribution in [0.5, 0.6) is 0 Å². The molecule has 0 saturated heterocycles. The molecule has 0 aliphatic rings. The summed E-state index contributed by atoms with van der Waals surface area (Å²) in [5.41, 5.74) is 0.864. The number of halogens is 2. The average Bonchev–Trinajstić information content (AvgIpc) is 2.91. The molecule has 3 aromatic carbocycles. The number of unbranched alkanes of at least 4 members (excludes halogenated alkanes) is 1. The summed E-state index contributed by atoms with van der Waals surface area (Å²) in [5.74, 6) is -0.897. The summed E-state index contributed by atoms with van der Waals surface area (Å²) in [6.07, 6.45) is 1.71. The second-order valence-corrected chi connectivity index (χ2v) is 11.5. The van der Waals surface area contributed by atoms with E-state index < -0.39 is 28.5 Å². The molecule has 0 unspecified atom stereocenters. The lowest BCUT2D eigenvalue weighted by molar-refractivity contribution is -0.139. The van der Waals surface area contributed by atoms with Gasteiger partial charge in [-0.15, -0.1) is 0 Å². The minimum atomic E-state index is -4.17. The number of anilines is 1. The molecule has 38 heavy (non-hydrogen) atoms. The van der Waals surface area contributed by atoms with Gasteiger partial charge >= 0.3 is 0 Å². The van der Waals surface area contributed by atoms with Crippen molar-refractivity contribution in [2.24, 2.45) is 0 Å². The average molecular weight is 577 g/mol. The Morgan fingerprint density at radius 3 is 2.29 bits per heavy atom. The Morgan fingerprint density at radius 1 is 0.947 bits per heavy atom. The summed E-state index contributed by atoms with van der Waals surface area (Å²) in [6, 6.07) is 20.3. The molecule has 2 amide bonds. The quantitative estimate of drug-likeness (QED) is 0.288. The van der Waals surface area contributed by atoms with E-state index in [0.717, 1.165) is 17.1 Å². The highest BCUT2D eigenvalue weighted by molar-refractivity contribution is 7.92. The van der Waals surface area contributed by atoms with E-state index in [0.29, 0.717) is 17.1 Å². The van der Waals surface area contributed by atoms with E-state index in [-0.39, 0.29) is 28.1 Å². The van der Waals surface area contributed by atoms with Crippen LogP contribution < -0.4 is 9.62 Å². The van der Waals surface area contributed by atoms with Crippen molar-refractivity contribution in [1.29, 1.82) is 0 Å². The SMILES string of the molecule is CCCCNC(=O)[C@H](C)N(Cc1cccc(Cl)c1)C(=O)CN(c1ccccc1Cl)S(=O)(=O)c1ccccc1. The predicted octanol–water partition coefficient (Wildman–Crippen LogP) is 5.52. The van der Waals surface area contributed by atoms with Crippen LogP contribution in [0.3, 0.4) is 0 Å². The lowest BCUT2D eigenvalue weighted by atomic mass is 10.1. The van der Waals surface area contributed by atoms with Gasteiger partial charge in [-0.25, -0.2) is 8.42 Å². The van der Waals surface area contributed by atoms with Crippen LogP contribution in [-0.4, -0.2) is 44.3 Å². The summed E-state index contributed by atoms with van der Waals surface area (Å²) in [4.78, 5) is 28.2. The third-order valence-corrected chi connectivity index (χ3v) is 8.30. The maximum Gasteiger partial charge on any atom is 0.264 e. The molecule has 0 aliphatic carbocycles. The van der Waals surface area contributed by atoms with Crippen molar-refractivity contribution in [1.82, 2.24) is 10.2 Å². The molecule has 0 fully saturated rings. The van der Waals surface area contributed by atoms with Gasteiger partial charge in [-0.05, 0) is 55.3 Å². The Bertz CT molecular complexity index is 1350. The number of para-hydroxylation sites is 1. The number of benzene rings is 3. The predicted molar refractivity (Wildman–Crippen MR) is 152 cm³/mol. The normalized spacial score (nSPS) is 12.0. The van der Waals surface area contributed by atoms with Gasteiger partial charge in [-0.2, -0.15) is 0 Å². The Balaban J connectivity index is 2.00. The number of hydrogen-bond acceptors (Lipinski definition) is 4. The monoisotopic (exact) mass is 575 g/mol. The topological polar surface area (TPSA) is 86.8 Å². The van der Waals surface area contributed by atoms with E-state index in [1.165, 1.54) is 23.1 Å². The van der Waals surface area contributed by atoms with Crippen molar-refractivity contribution >= 4 is 50.7 Å². The summed E-state index contributed by atoms with van der Waals surface area (Å²) >= 11 is 12.6. The van der Waals surface area contributed by atoms with E-state index >= 15 is 0 Å². The summed E-state index contributed by atoms with van der Waals surface area (Å²) in [6.45, 7) is 3.61. The number of rotatable bonds is 12. The highest BCUT2D eigenvalue weighted by Gasteiger charge is 2.33. The van der Waals surface area contributed by atoms with Gasteiger partial charge < -0.3 is 10.2 Å². The maximum atomic E-state index is 13.8. The third-order valence-electron chi connectivity index (χ3n) is 5.97. The number of carbonyl (C=O) groups is 2. The lowest BCUT2D eigenvalue weighted by Gasteiger charge is -2.32. The van der Waals surface area contributed by atoms with Gasteiger partial charge in [0, 0.05) is 18.1 Å². The fourth-order valence-electron chi connectivity index (χ4n) is 3.84. The van der Waals surface area contributed by atoms with Crippen LogP contribution in [0.25, 0.3) is 0 Å². The molecule has 0 spiro atoms. The van der Waals surface area contributed by atoms with Crippen molar-refractivity contribution in [3.8, 4) is 0 Å². The number of nitrogens with zero attached hydrogens (tertiary/aromatic N) is 2. The first kappa shape index (κ1) is 29.5. The lowest BCUT2D eigenvalue weighted by Crippen LogP contribution is -2.51. The van der Waals surface area contributed by atoms with Crippen LogP contribution in [0, 0.1) is 0 Å². The van der Waals surface area contributed by atoms with Crippen molar-refractivity contribution in [3.05, 3.63) is 94.5 Å². The first-order valence-electron chi connectivity index (χ1n) is 12.3. The first-order valence-corrected chi connectivity index (χ1v) is 14.5. The summed E-state index contributed by atoms with van der Waals surface area (Å²) in [7, 11) is -4.17. The van der Waals surface area contributed by atoms with Gasteiger partial charge in [0.25, 0.3) is 10.0 Å². The molecule has 0 heterocycles. The van der Waals surface area contributed by atoms with Gasteiger partial charge in [0.2, 0.25) is 11.8 Å². The standard InChI is InChI=1S/C28H31Cl2N3O4S/c1-3-4-17-31-28(35)21(2)32(19-22-11-10-12-23(29)18-22)27(34)20-33(26-16-9-8-15-25(26)30)38(36,37)24-13-6-5-7-14-24/h5-16,18,21H,3-4,17,19-20H2,1-2H3,(H,31,35)/t21-/m0/s1. The smallest absolute Gasteiger partial charge is 0.264 e. The maximum absolute atomic E-state index is 13.8. The van der Waals surface area contributed by atoms with E-state index in [9.17, 15) is 18.0 Å². The molecule has 3 rings (SSSR count). The van der Waals surface area contributed by atoms with Crippen molar-refractivity contribution < 1.29 is 18.0 Å². The van der Waals surface area contributed by atoms with Crippen LogP contribution in [0.4, 0.5) is 5.69 Å². The molecule has 10 heteroatoms. The molecule has 0 aromatic heterocycles. The van der Waals surface area contributed by atoms with Crippen LogP contribution in [0.2, 0.25) is 10.0 Å². The van der Waals surface area contributed by atoms with Gasteiger partial charge in [-0.3, -0.25) is 13.9 Å². The Kier molecular flexibility index (Phi) is 10.6. The molecule has 3 aromatic rings. The van der Waals surface area contributed by atoms with Gasteiger partial charge in [-0.1, -0.05) is 79.0 Å². The van der Waals surface area contributed by atoms with Gasteiger partial charge in [0.15, 0.2) is 0 Å². The number of sulfonamides is 1. The zero-order chi connectivity index (χ0) is 27.7. The van der Waals surface area contributed by atoms with E-state index in [1.807, 2.05) is 6.92 Å². The largest absolute Gasteiger partial charge is 0.354 e. The Hall–Kier alpha value is -3.07. The molecular weight excluding hydrogens is 545 g/mol. The summed E-state index contributed by atoms with van der Waals surface area (Å²) in [5, 5.41) is 3.51. The van der Waals surface area contributed by atoms with Gasteiger partial charge in [0.05, 0.1) is 15.6 Å². The molecule has 0 saturated carbocycles. The second kappa shape index (κ2) is 13.6. The first-order chi connectivity index (χ1) is 18.1. The van der Waals surface area contributed by atoms with Crippen molar-refractivity contribution in [2.75, 3.05) is 17.4 Å². The van der Waals surface area contributed by atoms with Crippen molar-refractivity contribution in [3.63, 3.8) is 0 Å². The van der Waals surface area contributed by atoms with Crippen LogP contribution in [0.15, 0.2) is 83.8 Å². The summed E-state index contributed by atoms with van der Waals surface area (Å²) < 4.78 is 28.4. The Morgan fingerprint density at radius 2 is 1.63 bits per heavy atom. The second-order valence-electron chi connectivity index (χ2n) is 8.75. The Labute approximate surface area is 234 Å². The minimum Gasteiger partial charge on any atom is -0.354 e. The highest BCUT2D eigenvalue weighted by atomic mass is 35.5. The van der Waals surface area contributed by atoms with Gasteiger partial charge in [0.1, 0.15) is 12.6 Å². The fourth-order valence-corrected chi connectivity index (χ4v) is 5.79. The molecule has 0 bridgehead atoms. The van der Waals surface area contributed by atoms with Crippen LogP contribution in [-0.2, 0) is 26.2 Å². The third kappa shape index (κ3) is 7.49. The zero-order valence-corrected chi connectivity index (χ0v) is 23.6. The fraction of sp³-hybridized carbons (Fsp3) is 0.286.